The first-order valence-corrected chi connectivity index (χ1v) is 8.09. The van der Waals surface area contributed by atoms with Crippen molar-refractivity contribution in [1.82, 2.24) is 0 Å². The molecule has 2 aromatic carbocycles. The van der Waals surface area contributed by atoms with Gasteiger partial charge < -0.3 is 4.74 Å². The molecular formula is C18H15ClF6O. The van der Waals surface area contributed by atoms with Crippen molar-refractivity contribution in [3.8, 4) is 16.9 Å². The highest BCUT2D eigenvalue weighted by Gasteiger charge is 2.59. The van der Waals surface area contributed by atoms with Crippen LogP contribution in [-0.4, -0.2) is 18.5 Å². The Morgan fingerprint density at radius 1 is 0.962 bits per heavy atom. The van der Waals surface area contributed by atoms with E-state index in [9.17, 15) is 26.3 Å². The molecule has 8 heteroatoms. The second-order valence-corrected chi connectivity index (χ2v) is 6.07. The number of alkyl halides is 6. The third kappa shape index (κ3) is 4.84. The van der Waals surface area contributed by atoms with Crippen molar-refractivity contribution in [3.63, 3.8) is 0 Å². The van der Waals surface area contributed by atoms with Gasteiger partial charge in [0.05, 0.1) is 5.02 Å². The Balaban J connectivity index is 2.21. The van der Waals surface area contributed by atoms with Gasteiger partial charge in [-0.25, -0.2) is 4.39 Å². The van der Waals surface area contributed by atoms with E-state index in [2.05, 4.69) is 4.74 Å². The average molecular weight is 397 g/mol. The lowest BCUT2D eigenvalue weighted by Crippen LogP contribution is -2.45. The Morgan fingerprint density at radius 2 is 1.54 bits per heavy atom. The van der Waals surface area contributed by atoms with Crippen LogP contribution in [-0.2, 0) is 6.42 Å². The Bertz CT molecular complexity index is 742. The Labute approximate surface area is 151 Å². The summed E-state index contributed by atoms with van der Waals surface area (Å²) in [5.41, 5.74) is 2.42. The highest BCUT2D eigenvalue weighted by molar-refractivity contribution is 6.32. The quantitative estimate of drug-likeness (QED) is 0.486. The third-order valence-electron chi connectivity index (χ3n) is 3.59. The molecule has 142 valence electrons. The normalized spacial score (nSPS) is 13.5. The topological polar surface area (TPSA) is 9.23 Å². The van der Waals surface area contributed by atoms with E-state index in [1.165, 1.54) is 12.1 Å². The summed E-state index contributed by atoms with van der Waals surface area (Å²) in [6.07, 6.45) is -13.4. The number of rotatable bonds is 6. The standard InChI is InChI=1S/C18H15ClF6O/c1-2-3-11-4-6-12(7-5-11)13-8-9-15(14(19)10-13)26-18(24,25)16(20)17(21,22)23/h4-10,16H,2-3H2,1H3. The number of aryl methyl sites for hydroxylation is 1. The highest BCUT2D eigenvalue weighted by Crippen LogP contribution is 2.39. The van der Waals surface area contributed by atoms with Gasteiger partial charge in [0.25, 0.3) is 6.17 Å². The molecule has 1 atom stereocenters. The van der Waals surface area contributed by atoms with Crippen molar-refractivity contribution in [2.45, 2.75) is 38.2 Å². The highest BCUT2D eigenvalue weighted by atomic mass is 35.5. The van der Waals surface area contributed by atoms with Crippen LogP contribution in [0.15, 0.2) is 42.5 Å². The SMILES string of the molecule is CCCc1ccc(-c2ccc(OC(F)(F)C(F)C(F)(F)F)c(Cl)c2)cc1. The van der Waals surface area contributed by atoms with E-state index in [1.54, 1.807) is 0 Å². The van der Waals surface area contributed by atoms with Crippen molar-refractivity contribution in [2.24, 2.45) is 0 Å². The Hall–Kier alpha value is -1.89. The maximum Gasteiger partial charge on any atom is 0.439 e. The number of hydrogen-bond donors (Lipinski definition) is 0. The smallest absolute Gasteiger partial charge is 0.429 e. The van der Waals surface area contributed by atoms with Crippen LogP contribution < -0.4 is 4.74 Å². The minimum absolute atomic E-state index is 0.353. The lowest BCUT2D eigenvalue weighted by Gasteiger charge is -2.23. The van der Waals surface area contributed by atoms with E-state index in [4.69, 9.17) is 11.6 Å². The fourth-order valence-electron chi connectivity index (χ4n) is 2.30. The van der Waals surface area contributed by atoms with Crippen LogP contribution in [0, 0.1) is 0 Å². The summed E-state index contributed by atoms with van der Waals surface area (Å²) >= 11 is 5.82. The van der Waals surface area contributed by atoms with Gasteiger partial charge in [-0.3, -0.25) is 0 Å². The van der Waals surface area contributed by atoms with Crippen LogP contribution in [0.3, 0.4) is 0 Å². The predicted octanol–water partition coefficient (Wildman–Crippen LogP) is 6.83. The van der Waals surface area contributed by atoms with E-state index in [0.717, 1.165) is 30.0 Å². The summed E-state index contributed by atoms with van der Waals surface area (Å²) in [7, 11) is 0. The van der Waals surface area contributed by atoms with Gasteiger partial charge in [0.2, 0.25) is 0 Å². The summed E-state index contributed by atoms with van der Waals surface area (Å²) in [5.74, 6) is -0.741. The maximum atomic E-state index is 13.3. The van der Waals surface area contributed by atoms with E-state index in [0.29, 0.717) is 5.56 Å². The number of halogens is 7. The molecule has 0 amide bonds. The molecule has 26 heavy (non-hydrogen) atoms. The van der Waals surface area contributed by atoms with Gasteiger partial charge in [-0.05, 0) is 35.2 Å². The molecule has 0 aliphatic heterocycles. The minimum Gasteiger partial charge on any atom is -0.429 e. The summed E-state index contributed by atoms with van der Waals surface area (Å²) in [6, 6.07) is 11.0. The summed E-state index contributed by atoms with van der Waals surface area (Å²) in [5, 5.41) is -0.353. The summed E-state index contributed by atoms with van der Waals surface area (Å²) in [6.45, 7) is 2.04. The second-order valence-electron chi connectivity index (χ2n) is 5.66. The van der Waals surface area contributed by atoms with Crippen molar-refractivity contribution in [1.29, 1.82) is 0 Å². The van der Waals surface area contributed by atoms with Gasteiger partial charge in [0.15, 0.2) is 0 Å². The van der Waals surface area contributed by atoms with Crippen molar-refractivity contribution in [3.05, 3.63) is 53.1 Å². The maximum absolute atomic E-state index is 13.3. The van der Waals surface area contributed by atoms with Gasteiger partial charge in [-0.1, -0.05) is 55.3 Å². The van der Waals surface area contributed by atoms with Gasteiger partial charge in [0.1, 0.15) is 5.75 Å². The van der Waals surface area contributed by atoms with Gasteiger partial charge >= 0.3 is 12.3 Å². The van der Waals surface area contributed by atoms with Crippen LogP contribution in [0.5, 0.6) is 5.75 Å². The van der Waals surface area contributed by atoms with E-state index < -0.39 is 24.2 Å². The largest absolute Gasteiger partial charge is 0.439 e. The van der Waals surface area contributed by atoms with E-state index >= 15 is 0 Å². The lowest BCUT2D eigenvalue weighted by atomic mass is 10.0. The number of benzene rings is 2. The second kappa shape index (κ2) is 7.78. The van der Waals surface area contributed by atoms with Crippen LogP contribution >= 0.6 is 11.6 Å². The predicted molar refractivity (Wildman–Crippen MR) is 87.4 cm³/mol. The summed E-state index contributed by atoms with van der Waals surface area (Å²) in [4.78, 5) is 0. The van der Waals surface area contributed by atoms with E-state index in [-0.39, 0.29) is 5.02 Å². The zero-order valence-corrected chi connectivity index (χ0v) is 14.3. The molecule has 0 saturated carbocycles. The zero-order valence-electron chi connectivity index (χ0n) is 13.6. The molecule has 0 aromatic heterocycles. The molecule has 0 heterocycles. The molecular weight excluding hydrogens is 382 g/mol. The van der Waals surface area contributed by atoms with Crippen LogP contribution in [0.25, 0.3) is 11.1 Å². The number of ether oxygens (including phenoxy) is 1. The molecule has 0 N–H and O–H groups in total. The fraction of sp³-hybridized carbons (Fsp3) is 0.333. The first kappa shape index (κ1) is 20.4. The number of hydrogen-bond acceptors (Lipinski definition) is 1. The third-order valence-corrected chi connectivity index (χ3v) is 3.88. The molecule has 1 unspecified atom stereocenters. The van der Waals surface area contributed by atoms with Crippen molar-refractivity contribution >= 4 is 11.6 Å². The first-order valence-electron chi connectivity index (χ1n) is 7.71. The Kier molecular flexibility index (Phi) is 6.11. The molecule has 0 spiro atoms. The van der Waals surface area contributed by atoms with Gasteiger partial charge in [-0.2, -0.15) is 22.0 Å². The lowest BCUT2D eigenvalue weighted by molar-refractivity contribution is -0.304. The molecule has 0 radical (unpaired) electrons. The molecule has 2 rings (SSSR count). The molecule has 0 aliphatic rings. The molecule has 2 aromatic rings. The average Bonchev–Trinajstić information content (AvgIpc) is 2.56. The Morgan fingerprint density at radius 3 is 2.04 bits per heavy atom. The summed E-state index contributed by atoms with van der Waals surface area (Å²) < 4.78 is 80.0. The van der Waals surface area contributed by atoms with Crippen LogP contribution in [0.2, 0.25) is 5.02 Å². The van der Waals surface area contributed by atoms with Gasteiger partial charge in [0, 0.05) is 0 Å². The van der Waals surface area contributed by atoms with Crippen LogP contribution in [0.1, 0.15) is 18.9 Å². The molecule has 0 bridgehead atoms. The monoisotopic (exact) mass is 396 g/mol. The van der Waals surface area contributed by atoms with E-state index in [1.807, 2.05) is 31.2 Å². The van der Waals surface area contributed by atoms with Crippen LogP contribution in [0.4, 0.5) is 26.3 Å². The molecule has 1 nitrogen and oxygen atoms in total. The van der Waals surface area contributed by atoms with Crippen molar-refractivity contribution < 1.29 is 31.1 Å². The molecule has 0 fully saturated rings. The van der Waals surface area contributed by atoms with Gasteiger partial charge in [-0.15, -0.1) is 0 Å². The zero-order chi connectivity index (χ0) is 19.5. The molecule has 0 aliphatic carbocycles. The fourth-order valence-corrected chi connectivity index (χ4v) is 2.52. The first-order chi connectivity index (χ1) is 12.0. The van der Waals surface area contributed by atoms with Crippen molar-refractivity contribution in [2.75, 3.05) is 0 Å². The molecule has 0 saturated heterocycles. The minimum atomic E-state index is -5.75.